The maximum absolute atomic E-state index is 5.55. The molecule has 0 fully saturated rings. The zero-order chi connectivity index (χ0) is 7.40. The van der Waals surface area contributed by atoms with E-state index in [4.69, 9.17) is 5.73 Å². The molecule has 2 nitrogen and oxygen atoms in total. The molecule has 3 heteroatoms. The van der Waals surface area contributed by atoms with Crippen LogP contribution in [0.5, 0.6) is 0 Å². The Hall–Kier alpha value is -0.750. The van der Waals surface area contributed by atoms with Crippen LogP contribution in [0, 0.1) is 0 Å². The van der Waals surface area contributed by atoms with Crippen molar-refractivity contribution in [3.05, 3.63) is 24.3 Å². The Labute approximate surface area is 62.7 Å². The first-order valence-electron chi connectivity index (χ1n) is 3.11. The number of nitrogens with two attached hydrogens (primary N) is 1. The van der Waals surface area contributed by atoms with Crippen LogP contribution in [0.1, 0.15) is 0 Å². The van der Waals surface area contributed by atoms with Gasteiger partial charge in [0.05, 0.1) is 0 Å². The minimum Gasteiger partial charge on any atom is -0.399 e. The SMILES string of the molecule is CPNc1cccc(N)c1. The summed E-state index contributed by atoms with van der Waals surface area (Å²) in [6.07, 6.45) is 0. The third-order valence-corrected chi connectivity index (χ3v) is 1.69. The summed E-state index contributed by atoms with van der Waals surface area (Å²) >= 11 is 0. The molecule has 0 heterocycles. The number of rotatable bonds is 2. The third-order valence-electron chi connectivity index (χ3n) is 1.16. The molecule has 10 heavy (non-hydrogen) atoms. The van der Waals surface area contributed by atoms with Gasteiger partial charge < -0.3 is 10.8 Å². The molecule has 0 bridgehead atoms. The Balaban J connectivity index is 2.75. The lowest BCUT2D eigenvalue weighted by atomic mass is 10.3. The monoisotopic (exact) mass is 154 g/mol. The topological polar surface area (TPSA) is 38.0 Å². The Morgan fingerprint density at radius 3 is 2.90 bits per heavy atom. The lowest BCUT2D eigenvalue weighted by Gasteiger charge is -2.01. The molecule has 0 aliphatic heterocycles. The second-order valence-corrected chi connectivity index (χ2v) is 2.75. The van der Waals surface area contributed by atoms with Crippen LogP contribution in [0.2, 0.25) is 0 Å². The molecule has 1 rings (SSSR count). The van der Waals surface area contributed by atoms with E-state index in [0.29, 0.717) is 0 Å². The maximum Gasteiger partial charge on any atom is 0.0391 e. The summed E-state index contributed by atoms with van der Waals surface area (Å²) in [5.74, 6) is 0. The molecular weight excluding hydrogens is 143 g/mol. The standard InChI is InChI=1S/C7H11N2P/c1-10-9-7-4-2-3-6(8)5-7/h2-5,9-10H,8H2,1H3. The Kier molecular flexibility index (Phi) is 2.52. The molecule has 3 N–H and O–H groups in total. The molecule has 0 spiro atoms. The lowest BCUT2D eigenvalue weighted by Crippen LogP contribution is -1.86. The smallest absolute Gasteiger partial charge is 0.0391 e. The van der Waals surface area contributed by atoms with Crippen molar-refractivity contribution < 1.29 is 0 Å². The maximum atomic E-state index is 5.55. The van der Waals surface area contributed by atoms with Gasteiger partial charge in [0.15, 0.2) is 0 Å². The van der Waals surface area contributed by atoms with E-state index in [1.807, 2.05) is 24.3 Å². The van der Waals surface area contributed by atoms with Gasteiger partial charge in [-0.2, -0.15) is 0 Å². The van der Waals surface area contributed by atoms with Crippen LogP contribution < -0.4 is 10.8 Å². The summed E-state index contributed by atoms with van der Waals surface area (Å²) in [6.45, 7) is 2.09. The first-order chi connectivity index (χ1) is 4.83. The van der Waals surface area contributed by atoms with Gasteiger partial charge in [0.1, 0.15) is 0 Å². The van der Waals surface area contributed by atoms with Crippen LogP contribution in [0.15, 0.2) is 24.3 Å². The molecule has 54 valence electrons. The van der Waals surface area contributed by atoms with Crippen molar-refractivity contribution in [1.82, 2.24) is 0 Å². The largest absolute Gasteiger partial charge is 0.399 e. The van der Waals surface area contributed by atoms with Crippen molar-refractivity contribution in [1.29, 1.82) is 0 Å². The Bertz CT molecular complexity index is 213. The van der Waals surface area contributed by atoms with Crippen LogP contribution in [0.25, 0.3) is 0 Å². The van der Waals surface area contributed by atoms with Crippen molar-refractivity contribution in [2.75, 3.05) is 17.5 Å². The van der Waals surface area contributed by atoms with E-state index in [-0.39, 0.29) is 0 Å². The summed E-state index contributed by atoms with van der Waals surface area (Å²) in [5.41, 5.74) is 7.46. The van der Waals surface area contributed by atoms with Crippen molar-refractivity contribution >= 4 is 20.1 Å². The van der Waals surface area contributed by atoms with E-state index >= 15 is 0 Å². The Morgan fingerprint density at radius 2 is 2.30 bits per heavy atom. The van der Waals surface area contributed by atoms with E-state index in [9.17, 15) is 0 Å². The van der Waals surface area contributed by atoms with E-state index in [1.165, 1.54) is 0 Å². The first kappa shape index (κ1) is 7.36. The van der Waals surface area contributed by atoms with E-state index in [2.05, 4.69) is 11.8 Å². The molecule has 0 saturated carbocycles. The minimum atomic E-state index is 0.726. The van der Waals surface area contributed by atoms with Gasteiger partial charge in [-0.15, -0.1) is 0 Å². The lowest BCUT2D eigenvalue weighted by molar-refractivity contribution is 1.66. The van der Waals surface area contributed by atoms with Crippen LogP contribution in [-0.4, -0.2) is 6.66 Å². The normalized spacial score (nSPS) is 10.5. The first-order valence-corrected chi connectivity index (χ1v) is 4.61. The van der Waals surface area contributed by atoms with Gasteiger partial charge in [-0.3, -0.25) is 0 Å². The fourth-order valence-electron chi connectivity index (χ4n) is 0.761. The van der Waals surface area contributed by atoms with Gasteiger partial charge in [-0.05, 0) is 33.6 Å². The molecule has 1 aromatic rings. The van der Waals surface area contributed by atoms with Gasteiger partial charge >= 0.3 is 0 Å². The summed E-state index contributed by atoms with van der Waals surface area (Å²) < 4.78 is 0. The zero-order valence-electron chi connectivity index (χ0n) is 5.89. The fourth-order valence-corrected chi connectivity index (χ4v) is 1.20. The van der Waals surface area contributed by atoms with Crippen molar-refractivity contribution in [2.45, 2.75) is 0 Å². The quantitative estimate of drug-likeness (QED) is 0.504. The van der Waals surface area contributed by atoms with Crippen molar-refractivity contribution in [3.63, 3.8) is 0 Å². The predicted molar refractivity (Wildman–Crippen MR) is 48.7 cm³/mol. The highest BCUT2D eigenvalue weighted by atomic mass is 31.1. The molecule has 1 aromatic carbocycles. The van der Waals surface area contributed by atoms with E-state index < -0.39 is 0 Å². The second-order valence-electron chi connectivity index (χ2n) is 2.00. The zero-order valence-corrected chi connectivity index (χ0v) is 6.89. The molecule has 1 atom stereocenters. The van der Waals surface area contributed by atoms with Crippen molar-refractivity contribution in [3.8, 4) is 0 Å². The highest BCUT2D eigenvalue weighted by Crippen LogP contribution is 2.16. The highest BCUT2D eigenvalue weighted by molar-refractivity contribution is 7.38. The van der Waals surface area contributed by atoms with Gasteiger partial charge in [-0.1, -0.05) is 6.07 Å². The molecule has 0 radical (unpaired) electrons. The number of nitrogens with one attached hydrogen (secondary N) is 1. The van der Waals surface area contributed by atoms with Crippen LogP contribution >= 0.6 is 8.73 Å². The summed E-state index contributed by atoms with van der Waals surface area (Å²) in [5, 5.41) is 3.20. The van der Waals surface area contributed by atoms with Gasteiger partial charge in [0.2, 0.25) is 0 Å². The van der Waals surface area contributed by atoms with Crippen molar-refractivity contribution in [2.24, 2.45) is 0 Å². The summed E-state index contributed by atoms with van der Waals surface area (Å²) in [7, 11) is 0.726. The van der Waals surface area contributed by atoms with Crippen LogP contribution in [-0.2, 0) is 0 Å². The summed E-state index contributed by atoms with van der Waals surface area (Å²) in [6, 6.07) is 7.76. The minimum absolute atomic E-state index is 0.726. The molecule has 0 amide bonds. The van der Waals surface area contributed by atoms with E-state index in [0.717, 1.165) is 20.1 Å². The van der Waals surface area contributed by atoms with Gasteiger partial charge in [0.25, 0.3) is 0 Å². The third kappa shape index (κ3) is 1.89. The second kappa shape index (κ2) is 3.43. The Morgan fingerprint density at radius 1 is 1.50 bits per heavy atom. The molecular formula is C7H11N2P. The summed E-state index contributed by atoms with van der Waals surface area (Å²) in [4.78, 5) is 0. The molecule has 0 aromatic heterocycles. The average Bonchev–Trinajstić information content (AvgIpc) is 1.88. The van der Waals surface area contributed by atoms with Gasteiger partial charge in [-0.25, -0.2) is 0 Å². The number of anilines is 2. The molecule has 1 unspecified atom stereocenters. The number of hydrogen-bond acceptors (Lipinski definition) is 2. The fraction of sp³-hybridized carbons (Fsp3) is 0.143. The molecule has 0 saturated heterocycles. The number of benzene rings is 1. The average molecular weight is 154 g/mol. The van der Waals surface area contributed by atoms with E-state index in [1.54, 1.807) is 0 Å². The predicted octanol–water partition coefficient (Wildman–Crippen LogP) is 1.90. The van der Waals surface area contributed by atoms with Crippen LogP contribution in [0.4, 0.5) is 11.4 Å². The van der Waals surface area contributed by atoms with Gasteiger partial charge in [0, 0.05) is 11.4 Å². The number of nitrogen functional groups attached to an aromatic ring is 1. The number of hydrogen-bond donors (Lipinski definition) is 2. The van der Waals surface area contributed by atoms with Crippen LogP contribution in [0.3, 0.4) is 0 Å². The highest BCUT2D eigenvalue weighted by Gasteiger charge is 1.87. The molecule has 0 aliphatic rings. The molecule has 0 aliphatic carbocycles.